The number of halogens is 2. The molecule has 1 aromatic heterocycles. The highest BCUT2D eigenvalue weighted by Gasteiger charge is 2.16. The third-order valence-electron chi connectivity index (χ3n) is 3.23. The second-order valence-corrected chi connectivity index (χ2v) is 6.88. The minimum Gasteiger partial charge on any atom is -0.320 e. The van der Waals surface area contributed by atoms with Gasteiger partial charge in [-0.2, -0.15) is 0 Å². The molecular formula is C16H19F2N3OS. The zero-order chi connectivity index (χ0) is 17.0. The fourth-order valence-electron chi connectivity index (χ4n) is 2.11. The van der Waals surface area contributed by atoms with Crippen molar-refractivity contribution in [2.45, 2.75) is 32.7 Å². The van der Waals surface area contributed by atoms with Crippen LogP contribution in [0.3, 0.4) is 0 Å². The lowest BCUT2D eigenvalue weighted by atomic mass is 10.0. The van der Waals surface area contributed by atoms with E-state index in [2.05, 4.69) is 10.3 Å². The van der Waals surface area contributed by atoms with Crippen LogP contribution in [0.2, 0.25) is 0 Å². The van der Waals surface area contributed by atoms with Crippen LogP contribution in [0, 0.1) is 17.6 Å². The highest BCUT2D eigenvalue weighted by Crippen LogP contribution is 2.23. The number of carbonyl (C=O) groups is 1. The number of nitrogens with zero attached hydrogens (tertiary/aromatic N) is 1. The quantitative estimate of drug-likeness (QED) is 0.848. The third kappa shape index (κ3) is 5.07. The molecule has 124 valence electrons. The van der Waals surface area contributed by atoms with Crippen LogP contribution in [-0.2, 0) is 11.2 Å². The van der Waals surface area contributed by atoms with Crippen LogP contribution in [0.25, 0.3) is 0 Å². The first-order chi connectivity index (χ1) is 10.8. The molecule has 7 heteroatoms. The Labute approximate surface area is 137 Å². The maximum Gasteiger partial charge on any atom is 0.243 e. The highest BCUT2D eigenvalue weighted by molar-refractivity contribution is 7.15. The molecule has 1 amide bonds. The molecule has 3 N–H and O–H groups in total. The predicted molar refractivity (Wildman–Crippen MR) is 87.3 cm³/mol. The Balaban J connectivity index is 1.99. The molecule has 0 saturated heterocycles. The number of aromatic nitrogens is 1. The average molecular weight is 339 g/mol. The molecule has 1 heterocycles. The van der Waals surface area contributed by atoms with E-state index >= 15 is 0 Å². The summed E-state index contributed by atoms with van der Waals surface area (Å²) in [5, 5.41) is 3.09. The Bertz CT molecular complexity index is 688. The molecule has 0 fully saturated rings. The van der Waals surface area contributed by atoms with Gasteiger partial charge in [-0.1, -0.05) is 19.9 Å². The van der Waals surface area contributed by atoms with Crippen molar-refractivity contribution in [1.29, 1.82) is 0 Å². The minimum atomic E-state index is -0.609. The lowest BCUT2D eigenvalue weighted by Gasteiger charge is -2.12. The number of anilines is 1. The normalized spacial score (nSPS) is 12.4. The van der Waals surface area contributed by atoms with Gasteiger partial charge in [0.1, 0.15) is 11.6 Å². The molecule has 4 nitrogen and oxygen atoms in total. The van der Waals surface area contributed by atoms with Crippen molar-refractivity contribution in [1.82, 2.24) is 4.98 Å². The standard InChI is InChI=1S/C16H19F2N3OS/c1-9(2)5-14(19)15(22)21-16-20-8-12(23-16)6-10-3-4-11(17)7-13(10)18/h3-4,7-9,14H,5-6,19H2,1-2H3,(H,20,21,22)/t14-/m0/s1. The molecule has 0 saturated carbocycles. The van der Waals surface area contributed by atoms with Crippen LogP contribution in [0.4, 0.5) is 13.9 Å². The molecule has 0 aliphatic heterocycles. The van der Waals surface area contributed by atoms with Crippen molar-refractivity contribution in [3.8, 4) is 0 Å². The van der Waals surface area contributed by atoms with Gasteiger partial charge in [0.15, 0.2) is 5.13 Å². The molecular weight excluding hydrogens is 320 g/mol. The number of nitrogens with one attached hydrogen (secondary N) is 1. The first kappa shape index (κ1) is 17.5. The Kier molecular flexibility index (Phi) is 5.79. The SMILES string of the molecule is CC(C)C[C@H](N)C(=O)Nc1ncc(Cc2ccc(F)cc2F)s1. The van der Waals surface area contributed by atoms with E-state index in [0.717, 1.165) is 10.9 Å². The first-order valence-electron chi connectivity index (χ1n) is 7.30. The van der Waals surface area contributed by atoms with Crippen molar-refractivity contribution >= 4 is 22.4 Å². The number of hydrogen-bond donors (Lipinski definition) is 2. The van der Waals surface area contributed by atoms with Crippen LogP contribution in [0.5, 0.6) is 0 Å². The van der Waals surface area contributed by atoms with E-state index in [4.69, 9.17) is 5.73 Å². The number of carbonyl (C=O) groups excluding carboxylic acids is 1. The minimum absolute atomic E-state index is 0.285. The largest absolute Gasteiger partial charge is 0.320 e. The fraction of sp³-hybridized carbons (Fsp3) is 0.375. The van der Waals surface area contributed by atoms with Crippen molar-refractivity contribution in [2.75, 3.05) is 5.32 Å². The predicted octanol–water partition coefficient (Wildman–Crippen LogP) is 3.32. The number of rotatable bonds is 6. The molecule has 0 unspecified atom stereocenters. The lowest BCUT2D eigenvalue weighted by molar-refractivity contribution is -0.117. The number of hydrogen-bond acceptors (Lipinski definition) is 4. The van der Waals surface area contributed by atoms with Gasteiger partial charge in [-0.05, 0) is 24.0 Å². The van der Waals surface area contributed by atoms with E-state index in [1.807, 2.05) is 13.8 Å². The maximum absolute atomic E-state index is 13.6. The summed E-state index contributed by atoms with van der Waals surface area (Å²) in [6, 6.07) is 2.88. The van der Waals surface area contributed by atoms with Crippen molar-refractivity contribution < 1.29 is 13.6 Å². The Morgan fingerprint density at radius 3 is 2.78 bits per heavy atom. The molecule has 0 aliphatic carbocycles. The van der Waals surface area contributed by atoms with Crippen LogP contribution >= 0.6 is 11.3 Å². The summed E-state index contributed by atoms with van der Waals surface area (Å²) in [5.74, 6) is -1.16. The van der Waals surface area contributed by atoms with Crippen LogP contribution in [-0.4, -0.2) is 16.9 Å². The van der Waals surface area contributed by atoms with Crippen molar-refractivity contribution in [2.24, 2.45) is 11.7 Å². The summed E-state index contributed by atoms with van der Waals surface area (Å²) in [4.78, 5) is 16.8. The Morgan fingerprint density at radius 1 is 1.39 bits per heavy atom. The van der Waals surface area contributed by atoms with Gasteiger partial charge in [-0.3, -0.25) is 4.79 Å². The molecule has 2 rings (SSSR count). The molecule has 1 aromatic carbocycles. The summed E-state index contributed by atoms with van der Waals surface area (Å²) < 4.78 is 26.5. The molecule has 23 heavy (non-hydrogen) atoms. The van der Waals surface area contributed by atoms with Crippen molar-refractivity contribution in [3.63, 3.8) is 0 Å². The van der Waals surface area contributed by atoms with Crippen molar-refractivity contribution in [3.05, 3.63) is 46.5 Å². The van der Waals surface area contributed by atoms with Gasteiger partial charge >= 0.3 is 0 Å². The summed E-state index contributed by atoms with van der Waals surface area (Å²) in [6.45, 7) is 3.98. The van der Waals surface area contributed by atoms with Gasteiger partial charge in [-0.15, -0.1) is 11.3 Å². The summed E-state index contributed by atoms with van der Waals surface area (Å²) >= 11 is 1.25. The summed E-state index contributed by atoms with van der Waals surface area (Å²) in [6.07, 6.45) is 2.44. The highest BCUT2D eigenvalue weighted by atomic mass is 32.1. The topological polar surface area (TPSA) is 68.0 Å². The lowest BCUT2D eigenvalue weighted by Crippen LogP contribution is -2.36. The van der Waals surface area contributed by atoms with Crippen LogP contribution in [0.1, 0.15) is 30.7 Å². The second-order valence-electron chi connectivity index (χ2n) is 5.77. The second kappa shape index (κ2) is 7.61. The molecule has 0 bridgehead atoms. The molecule has 1 atom stereocenters. The van der Waals surface area contributed by atoms with Gasteiger partial charge < -0.3 is 11.1 Å². The Hall–Kier alpha value is -1.86. The maximum atomic E-state index is 13.6. The first-order valence-corrected chi connectivity index (χ1v) is 8.12. The zero-order valence-electron chi connectivity index (χ0n) is 13.0. The van der Waals surface area contributed by atoms with Crippen LogP contribution in [0.15, 0.2) is 24.4 Å². The van der Waals surface area contributed by atoms with Crippen LogP contribution < -0.4 is 11.1 Å². The third-order valence-corrected chi connectivity index (χ3v) is 4.14. The number of amides is 1. The van der Waals surface area contributed by atoms with Gasteiger partial charge in [-0.25, -0.2) is 13.8 Å². The number of thiazole rings is 1. The summed E-state index contributed by atoms with van der Waals surface area (Å²) in [5.41, 5.74) is 6.19. The molecule has 0 radical (unpaired) electrons. The Morgan fingerprint density at radius 2 is 2.13 bits per heavy atom. The number of benzene rings is 1. The zero-order valence-corrected chi connectivity index (χ0v) is 13.8. The van der Waals surface area contributed by atoms with E-state index in [1.165, 1.54) is 23.5 Å². The van der Waals surface area contributed by atoms with Gasteiger partial charge in [0.05, 0.1) is 6.04 Å². The average Bonchev–Trinajstić information content (AvgIpc) is 2.88. The monoisotopic (exact) mass is 339 g/mol. The van der Waals surface area contributed by atoms with Gasteiger partial charge in [0.25, 0.3) is 0 Å². The summed E-state index contributed by atoms with van der Waals surface area (Å²) in [7, 11) is 0. The van der Waals surface area contributed by atoms with E-state index < -0.39 is 17.7 Å². The fourth-order valence-corrected chi connectivity index (χ4v) is 2.95. The molecule has 0 spiro atoms. The number of nitrogens with two attached hydrogens (primary N) is 1. The smallest absolute Gasteiger partial charge is 0.243 e. The molecule has 2 aromatic rings. The van der Waals surface area contributed by atoms with E-state index in [-0.39, 0.29) is 12.3 Å². The van der Waals surface area contributed by atoms with Gasteiger partial charge in [0.2, 0.25) is 5.91 Å². The van der Waals surface area contributed by atoms with E-state index in [1.54, 1.807) is 6.20 Å². The van der Waals surface area contributed by atoms with E-state index in [9.17, 15) is 13.6 Å². The van der Waals surface area contributed by atoms with E-state index in [0.29, 0.717) is 23.0 Å². The van der Waals surface area contributed by atoms with Gasteiger partial charge in [0, 0.05) is 23.6 Å². The molecule has 0 aliphatic rings.